The highest BCUT2D eigenvalue weighted by Gasteiger charge is 2.44. The van der Waals surface area contributed by atoms with Crippen molar-refractivity contribution in [1.29, 1.82) is 0 Å². The van der Waals surface area contributed by atoms with E-state index in [-0.39, 0.29) is 6.42 Å². The van der Waals surface area contributed by atoms with Gasteiger partial charge in [-0.15, -0.1) is 0 Å². The van der Waals surface area contributed by atoms with E-state index in [0.29, 0.717) is 25.2 Å². The van der Waals surface area contributed by atoms with Gasteiger partial charge in [0.15, 0.2) is 6.29 Å². The highest BCUT2D eigenvalue weighted by molar-refractivity contribution is 5.80. The Morgan fingerprint density at radius 1 is 0.611 bits per heavy atom. The lowest BCUT2D eigenvalue weighted by Gasteiger charge is -2.40. The van der Waals surface area contributed by atoms with Crippen LogP contribution in [0.4, 0.5) is 0 Å². The normalized spacial score (nSPS) is 22.7. The lowest BCUT2D eigenvalue weighted by atomic mass is 9.98. The van der Waals surface area contributed by atoms with Gasteiger partial charge < -0.3 is 50.5 Å². The largest absolute Gasteiger partial charge is 0.394 e. The molecule has 322 valence electrons. The summed E-state index contributed by atoms with van der Waals surface area (Å²) in [6.45, 7) is 5.66. The van der Waals surface area contributed by atoms with E-state index in [1.807, 2.05) is 0 Å². The predicted molar refractivity (Wildman–Crippen MR) is 215 cm³/mol. The molecule has 0 spiro atoms. The zero-order valence-corrected chi connectivity index (χ0v) is 34.6. The summed E-state index contributed by atoms with van der Waals surface area (Å²) >= 11 is 0. The van der Waals surface area contributed by atoms with Crippen molar-refractivity contribution in [3.8, 4) is 0 Å². The second kappa shape index (κ2) is 33.1. The fourth-order valence-corrected chi connectivity index (χ4v) is 7.33. The molecule has 8 N–H and O–H groups in total. The lowest BCUT2D eigenvalue weighted by molar-refractivity contribution is -0.303. The topological polar surface area (TPSA) is 189 Å². The maximum Gasteiger partial charge on any atom is 0.249 e. The highest BCUT2D eigenvalue weighted by Crippen LogP contribution is 2.23. The predicted octanol–water partition coefficient (Wildman–Crippen LogP) is 6.58. The molecule has 1 fully saturated rings. The summed E-state index contributed by atoms with van der Waals surface area (Å²) in [7, 11) is 0. The van der Waals surface area contributed by atoms with Crippen molar-refractivity contribution < 1.29 is 50.0 Å². The van der Waals surface area contributed by atoms with Gasteiger partial charge in [-0.05, 0) is 18.8 Å². The third kappa shape index (κ3) is 24.0. The number of carbonyl (C=O) groups is 1. The number of unbranched alkanes of at least 4 members (excludes halogenated alkanes) is 22. The molecule has 0 aromatic rings. The first-order valence-corrected chi connectivity index (χ1v) is 22.3. The number of hydrogen-bond donors (Lipinski definition) is 8. The Morgan fingerprint density at radius 2 is 1.04 bits per heavy atom. The molecular weight excluding hydrogens is 690 g/mol. The number of hydrogen-bond acceptors (Lipinski definition) is 10. The molecular formula is C43H85NO10. The zero-order chi connectivity index (χ0) is 40.0. The SMILES string of the molecule is CCCCCCCCCCCCCCCCCCCCC(O)C(=O)NC(COC1OC(CO)C(O)C(O)C1O)C(O)C(O)CCCCCCCCC(C)C. The number of aliphatic hydroxyl groups is 7. The minimum Gasteiger partial charge on any atom is -0.394 e. The molecule has 1 heterocycles. The summed E-state index contributed by atoms with van der Waals surface area (Å²) in [6.07, 6.45) is 19.0. The average molecular weight is 776 g/mol. The standard InChI is InChI=1S/C43H85NO10/c1-4-5-6-7-8-9-10-11-12-13-14-15-16-17-18-19-24-27-30-36(47)42(52)44-34(32-53-43-41(51)40(50)39(49)37(31-45)54-43)38(48)35(46)29-26-23-21-20-22-25-28-33(2)3/h33-41,43,45-51H,4-32H2,1-3H3,(H,44,52). The van der Waals surface area contributed by atoms with E-state index in [1.165, 1.54) is 109 Å². The van der Waals surface area contributed by atoms with Gasteiger partial charge in [-0.1, -0.05) is 181 Å². The molecule has 11 heteroatoms. The van der Waals surface area contributed by atoms with Crippen LogP contribution in [0.3, 0.4) is 0 Å². The number of rotatable bonds is 36. The molecule has 1 aliphatic heterocycles. The van der Waals surface area contributed by atoms with Crippen LogP contribution < -0.4 is 5.32 Å². The summed E-state index contributed by atoms with van der Waals surface area (Å²) in [6, 6.07) is -1.16. The van der Waals surface area contributed by atoms with Crippen molar-refractivity contribution in [1.82, 2.24) is 5.32 Å². The van der Waals surface area contributed by atoms with Crippen molar-refractivity contribution in [3.05, 3.63) is 0 Å². The monoisotopic (exact) mass is 776 g/mol. The van der Waals surface area contributed by atoms with Gasteiger partial charge in [0, 0.05) is 0 Å². The maximum absolute atomic E-state index is 13.0. The smallest absolute Gasteiger partial charge is 0.249 e. The second-order valence-electron chi connectivity index (χ2n) is 16.6. The highest BCUT2D eigenvalue weighted by atomic mass is 16.7. The second-order valence-corrected chi connectivity index (χ2v) is 16.6. The van der Waals surface area contributed by atoms with E-state index in [1.54, 1.807) is 0 Å². The van der Waals surface area contributed by atoms with Gasteiger partial charge in [-0.2, -0.15) is 0 Å². The van der Waals surface area contributed by atoms with Gasteiger partial charge >= 0.3 is 0 Å². The quantitative estimate of drug-likeness (QED) is 0.0323. The van der Waals surface area contributed by atoms with Crippen LogP contribution in [0.5, 0.6) is 0 Å². The van der Waals surface area contributed by atoms with Crippen LogP contribution in [0, 0.1) is 5.92 Å². The number of ether oxygens (including phenoxy) is 2. The molecule has 0 aromatic carbocycles. The van der Waals surface area contributed by atoms with Crippen molar-refractivity contribution >= 4 is 5.91 Å². The van der Waals surface area contributed by atoms with E-state index in [9.17, 15) is 40.5 Å². The minimum absolute atomic E-state index is 0.265. The van der Waals surface area contributed by atoms with Crippen LogP contribution in [0.25, 0.3) is 0 Å². The molecule has 0 saturated carbocycles. The minimum atomic E-state index is -1.66. The first-order valence-electron chi connectivity index (χ1n) is 22.3. The van der Waals surface area contributed by atoms with Crippen LogP contribution >= 0.6 is 0 Å². The van der Waals surface area contributed by atoms with Gasteiger partial charge in [0.1, 0.15) is 36.6 Å². The third-order valence-corrected chi connectivity index (χ3v) is 11.1. The number of aliphatic hydroxyl groups excluding tert-OH is 7. The van der Waals surface area contributed by atoms with E-state index >= 15 is 0 Å². The molecule has 1 amide bonds. The summed E-state index contributed by atoms with van der Waals surface area (Å²) in [5, 5.41) is 75.4. The molecule has 0 aliphatic carbocycles. The molecule has 1 saturated heterocycles. The van der Waals surface area contributed by atoms with Crippen molar-refractivity contribution in [2.24, 2.45) is 5.92 Å². The molecule has 11 nitrogen and oxygen atoms in total. The summed E-state index contributed by atoms with van der Waals surface area (Å²) in [5.74, 6) is 0.00596. The Bertz CT molecular complexity index is 864. The van der Waals surface area contributed by atoms with Gasteiger partial charge in [-0.25, -0.2) is 0 Å². The summed E-state index contributed by atoms with van der Waals surface area (Å²) < 4.78 is 11.0. The van der Waals surface area contributed by atoms with E-state index in [4.69, 9.17) is 9.47 Å². The molecule has 1 aliphatic rings. The van der Waals surface area contributed by atoms with E-state index in [2.05, 4.69) is 26.1 Å². The number of nitrogens with one attached hydrogen (secondary N) is 1. The molecule has 0 radical (unpaired) electrons. The van der Waals surface area contributed by atoms with E-state index < -0.39 is 74.2 Å². The number of carbonyl (C=O) groups excluding carboxylic acids is 1. The Morgan fingerprint density at radius 3 is 1.48 bits per heavy atom. The van der Waals surface area contributed by atoms with Gasteiger partial charge in [0.25, 0.3) is 0 Å². The lowest BCUT2D eigenvalue weighted by Crippen LogP contribution is -2.60. The Kier molecular flexibility index (Phi) is 31.4. The summed E-state index contributed by atoms with van der Waals surface area (Å²) in [5.41, 5.74) is 0. The van der Waals surface area contributed by atoms with Crippen LogP contribution in [-0.4, -0.2) is 110 Å². The van der Waals surface area contributed by atoms with Gasteiger partial charge in [-0.3, -0.25) is 4.79 Å². The van der Waals surface area contributed by atoms with Crippen LogP contribution in [-0.2, 0) is 14.3 Å². The Hall–Kier alpha value is -0.890. The Labute approximate surface area is 329 Å². The van der Waals surface area contributed by atoms with Crippen LogP contribution in [0.1, 0.15) is 194 Å². The average Bonchev–Trinajstić information content (AvgIpc) is 3.15. The van der Waals surface area contributed by atoms with Crippen molar-refractivity contribution in [2.75, 3.05) is 13.2 Å². The molecule has 0 bridgehead atoms. The van der Waals surface area contributed by atoms with Gasteiger partial charge in [0.2, 0.25) is 5.91 Å². The van der Waals surface area contributed by atoms with Crippen molar-refractivity contribution in [3.63, 3.8) is 0 Å². The molecule has 9 unspecified atom stereocenters. The zero-order valence-electron chi connectivity index (χ0n) is 34.6. The van der Waals surface area contributed by atoms with Crippen LogP contribution in [0.2, 0.25) is 0 Å². The summed E-state index contributed by atoms with van der Waals surface area (Å²) in [4.78, 5) is 13.0. The first-order chi connectivity index (χ1) is 26.0. The molecule has 54 heavy (non-hydrogen) atoms. The molecule has 9 atom stereocenters. The first kappa shape index (κ1) is 51.1. The van der Waals surface area contributed by atoms with Crippen molar-refractivity contribution in [2.45, 2.75) is 249 Å². The molecule has 1 rings (SSSR count). The maximum atomic E-state index is 13.0. The number of amides is 1. The third-order valence-electron chi connectivity index (χ3n) is 11.1. The fraction of sp³-hybridized carbons (Fsp3) is 0.977. The fourth-order valence-electron chi connectivity index (χ4n) is 7.33. The van der Waals surface area contributed by atoms with Crippen LogP contribution in [0.15, 0.2) is 0 Å². The molecule has 0 aromatic heterocycles. The van der Waals surface area contributed by atoms with Gasteiger partial charge in [0.05, 0.1) is 25.4 Å². The van der Waals surface area contributed by atoms with E-state index in [0.717, 1.165) is 38.5 Å². The Balaban J connectivity index is 2.42.